The molecular formula is C18H15N3O. The highest BCUT2D eigenvalue weighted by atomic mass is 16.5. The van der Waals surface area contributed by atoms with E-state index in [9.17, 15) is 0 Å². The van der Waals surface area contributed by atoms with E-state index in [-0.39, 0.29) is 6.10 Å². The number of aromatic nitrogens is 2. The van der Waals surface area contributed by atoms with Crippen LogP contribution in [0.3, 0.4) is 0 Å². The Morgan fingerprint density at radius 1 is 1.27 bits per heavy atom. The van der Waals surface area contributed by atoms with Crippen LogP contribution in [-0.2, 0) is 6.42 Å². The number of aryl methyl sites for hydroxylation is 2. The lowest BCUT2D eigenvalue weighted by atomic mass is 10.1. The summed E-state index contributed by atoms with van der Waals surface area (Å²) in [5.74, 6) is 0.860. The zero-order valence-corrected chi connectivity index (χ0v) is 12.3. The molecule has 0 spiro atoms. The fourth-order valence-corrected chi connectivity index (χ4v) is 3.13. The summed E-state index contributed by atoms with van der Waals surface area (Å²) in [5.41, 5.74) is 5.14. The van der Waals surface area contributed by atoms with E-state index >= 15 is 0 Å². The minimum absolute atomic E-state index is 0.0624. The Hall–Kier alpha value is -2.80. The highest BCUT2D eigenvalue weighted by Gasteiger charge is 2.24. The first kappa shape index (κ1) is 12.9. The minimum atomic E-state index is 0.0624. The molecule has 1 aromatic heterocycles. The number of benzene rings is 2. The monoisotopic (exact) mass is 289 g/mol. The summed E-state index contributed by atoms with van der Waals surface area (Å²) in [6.07, 6.45) is 1.97. The van der Waals surface area contributed by atoms with Crippen LogP contribution >= 0.6 is 0 Å². The average molecular weight is 289 g/mol. The van der Waals surface area contributed by atoms with Gasteiger partial charge < -0.3 is 4.74 Å². The van der Waals surface area contributed by atoms with Crippen molar-refractivity contribution in [2.24, 2.45) is 0 Å². The molecule has 4 heteroatoms. The van der Waals surface area contributed by atoms with Crippen molar-refractivity contribution >= 4 is 10.9 Å². The van der Waals surface area contributed by atoms with Gasteiger partial charge >= 0.3 is 0 Å². The summed E-state index contributed by atoms with van der Waals surface area (Å²) in [7, 11) is 0. The van der Waals surface area contributed by atoms with Crippen molar-refractivity contribution in [3.8, 4) is 11.8 Å². The summed E-state index contributed by atoms with van der Waals surface area (Å²) >= 11 is 0. The molecule has 0 fully saturated rings. The van der Waals surface area contributed by atoms with Crippen LogP contribution in [-0.4, -0.2) is 10.2 Å². The minimum Gasteiger partial charge on any atom is -0.486 e. The second-order valence-corrected chi connectivity index (χ2v) is 5.69. The van der Waals surface area contributed by atoms with Crippen molar-refractivity contribution < 1.29 is 4.74 Å². The molecule has 108 valence electrons. The van der Waals surface area contributed by atoms with E-state index < -0.39 is 0 Å². The average Bonchev–Trinajstić information content (AvgIpc) is 3.11. The number of fused-ring (bicyclic) bond motifs is 2. The summed E-state index contributed by atoms with van der Waals surface area (Å²) in [6, 6.07) is 14.1. The lowest BCUT2D eigenvalue weighted by Crippen LogP contribution is -2.03. The molecule has 1 heterocycles. The van der Waals surface area contributed by atoms with Crippen molar-refractivity contribution in [3.63, 3.8) is 0 Å². The normalized spacial score (nSPS) is 16.5. The van der Waals surface area contributed by atoms with Gasteiger partial charge in [-0.2, -0.15) is 10.4 Å². The van der Waals surface area contributed by atoms with Crippen LogP contribution in [0.25, 0.3) is 10.9 Å². The van der Waals surface area contributed by atoms with Gasteiger partial charge in [0, 0.05) is 5.39 Å². The smallest absolute Gasteiger partial charge is 0.124 e. The van der Waals surface area contributed by atoms with E-state index in [2.05, 4.69) is 16.3 Å². The quantitative estimate of drug-likeness (QED) is 0.780. The van der Waals surface area contributed by atoms with Gasteiger partial charge in [0.2, 0.25) is 0 Å². The van der Waals surface area contributed by atoms with Gasteiger partial charge in [-0.25, -0.2) is 0 Å². The van der Waals surface area contributed by atoms with Crippen molar-refractivity contribution in [1.29, 1.82) is 5.26 Å². The summed E-state index contributed by atoms with van der Waals surface area (Å²) < 4.78 is 6.18. The molecule has 4 nitrogen and oxygen atoms in total. The molecule has 1 N–H and O–H groups in total. The van der Waals surface area contributed by atoms with Gasteiger partial charge in [0.15, 0.2) is 0 Å². The highest BCUT2D eigenvalue weighted by Crippen LogP contribution is 2.36. The third-order valence-electron chi connectivity index (χ3n) is 4.30. The first-order valence-electron chi connectivity index (χ1n) is 7.39. The molecule has 1 aliphatic rings. The molecule has 0 saturated heterocycles. The van der Waals surface area contributed by atoms with Gasteiger partial charge in [-0.15, -0.1) is 0 Å². The maximum absolute atomic E-state index is 8.99. The van der Waals surface area contributed by atoms with Crippen LogP contribution in [0.4, 0.5) is 0 Å². The first-order valence-corrected chi connectivity index (χ1v) is 7.39. The molecule has 0 radical (unpaired) electrons. The Kier molecular flexibility index (Phi) is 2.87. The molecule has 22 heavy (non-hydrogen) atoms. The number of H-pyrrole nitrogens is 1. The third kappa shape index (κ3) is 2.03. The number of nitrogens with zero attached hydrogens (tertiary/aromatic N) is 2. The maximum atomic E-state index is 8.99. The van der Waals surface area contributed by atoms with Gasteiger partial charge in [-0.05, 0) is 61.2 Å². The Balaban J connectivity index is 1.64. The highest BCUT2D eigenvalue weighted by molar-refractivity contribution is 5.82. The van der Waals surface area contributed by atoms with Crippen molar-refractivity contribution in [2.75, 3.05) is 0 Å². The molecule has 0 saturated carbocycles. The Bertz CT molecular complexity index is 904. The lowest BCUT2D eigenvalue weighted by molar-refractivity contribution is 0.208. The van der Waals surface area contributed by atoms with Crippen LogP contribution in [0.5, 0.6) is 5.75 Å². The predicted octanol–water partition coefficient (Wildman–Crippen LogP) is 3.81. The van der Waals surface area contributed by atoms with Crippen LogP contribution < -0.4 is 4.74 Å². The Morgan fingerprint density at radius 3 is 3.05 bits per heavy atom. The van der Waals surface area contributed by atoms with E-state index in [1.165, 1.54) is 11.1 Å². The molecule has 2 aromatic carbocycles. The fraction of sp³-hybridized carbons (Fsp3) is 0.222. The number of nitrogens with one attached hydrogen (secondary N) is 1. The molecular weight excluding hydrogens is 274 g/mol. The summed E-state index contributed by atoms with van der Waals surface area (Å²) in [5, 5.41) is 17.3. The molecule has 0 bridgehead atoms. The van der Waals surface area contributed by atoms with Crippen LogP contribution in [0.2, 0.25) is 0 Å². The molecule has 0 aliphatic heterocycles. The number of nitriles is 1. The van der Waals surface area contributed by atoms with Gasteiger partial charge in [0.1, 0.15) is 11.9 Å². The number of hydrogen-bond acceptors (Lipinski definition) is 3. The SMILES string of the molecule is Cc1n[nH]c2ccc(O[C@@H]3CCc4cc(C#N)ccc43)cc12. The molecule has 4 rings (SSSR count). The fourth-order valence-electron chi connectivity index (χ4n) is 3.13. The number of hydrogen-bond donors (Lipinski definition) is 1. The largest absolute Gasteiger partial charge is 0.486 e. The van der Waals surface area contributed by atoms with Gasteiger partial charge in [0.05, 0.1) is 22.8 Å². The van der Waals surface area contributed by atoms with E-state index in [4.69, 9.17) is 10.00 Å². The van der Waals surface area contributed by atoms with Crippen LogP contribution in [0, 0.1) is 18.3 Å². The summed E-state index contributed by atoms with van der Waals surface area (Å²) in [4.78, 5) is 0. The lowest BCUT2D eigenvalue weighted by Gasteiger charge is -2.15. The zero-order chi connectivity index (χ0) is 15.1. The second kappa shape index (κ2) is 4.88. The van der Waals surface area contributed by atoms with Crippen LogP contribution in [0.1, 0.15) is 34.9 Å². The number of ether oxygens (including phenoxy) is 1. The van der Waals surface area contributed by atoms with Gasteiger partial charge in [-0.1, -0.05) is 6.07 Å². The second-order valence-electron chi connectivity index (χ2n) is 5.69. The number of rotatable bonds is 2. The Morgan fingerprint density at radius 2 is 2.18 bits per heavy atom. The molecule has 0 amide bonds. The standard InChI is InChI=1S/C18H15N3O/c1-11-16-9-14(4-6-17(16)21-20-11)22-18-7-3-13-8-12(10-19)2-5-15(13)18/h2,4-6,8-9,18H,3,7H2,1H3,(H,20,21)/t18-/m1/s1. The van der Waals surface area contributed by atoms with E-state index in [1.54, 1.807) is 0 Å². The third-order valence-corrected chi connectivity index (χ3v) is 4.30. The van der Waals surface area contributed by atoms with E-state index in [0.717, 1.165) is 40.8 Å². The first-order chi connectivity index (χ1) is 10.7. The molecule has 1 aliphatic carbocycles. The van der Waals surface area contributed by atoms with Gasteiger partial charge in [-0.3, -0.25) is 5.10 Å². The zero-order valence-electron chi connectivity index (χ0n) is 12.3. The van der Waals surface area contributed by atoms with Gasteiger partial charge in [0.25, 0.3) is 0 Å². The number of aromatic amines is 1. The molecule has 0 unspecified atom stereocenters. The topological polar surface area (TPSA) is 61.7 Å². The molecule has 1 atom stereocenters. The molecule has 3 aromatic rings. The van der Waals surface area contributed by atoms with Crippen molar-refractivity contribution in [1.82, 2.24) is 10.2 Å². The van der Waals surface area contributed by atoms with Crippen molar-refractivity contribution in [3.05, 3.63) is 58.8 Å². The predicted molar refractivity (Wildman–Crippen MR) is 83.7 cm³/mol. The van der Waals surface area contributed by atoms with Crippen LogP contribution in [0.15, 0.2) is 36.4 Å². The summed E-state index contributed by atoms with van der Waals surface area (Å²) in [6.45, 7) is 1.98. The van der Waals surface area contributed by atoms with Crippen molar-refractivity contribution in [2.45, 2.75) is 25.9 Å². The van der Waals surface area contributed by atoms with E-state index in [1.807, 2.05) is 43.3 Å². The Labute approximate surface area is 128 Å². The maximum Gasteiger partial charge on any atom is 0.124 e. The van der Waals surface area contributed by atoms with E-state index in [0.29, 0.717) is 0 Å².